The summed E-state index contributed by atoms with van der Waals surface area (Å²) in [5.41, 5.74) is 0.614. The van der Waals surface area contributed by atoms with E-state index in [9.17, 15) is 0 Å². The fraction of sp³-hybridized carbons (Fsp3) is 0.778. The Bertz CT molecular complexity index is 556. The highest BCUT2D eigenvalue weighted by Gasteiger charge is 2.53. The minimum Gasteiger partial charge on any atom is -0.356 e. The topological polar surface area (TPSA) is 45.5 Å². The van der Waals surface area contributed by atoms with Crippen LogP contribution < -0.4 is 5.32 Å². The summed E-state index contributed by atoms with van der Waals surface area (Å²) < 4.78 is 2.26. The molecule has 1 N–H and O–H groups in total. The van der Waals surface area contributed by atoms with Crippen molar-refractivity contribution in [3.8, 4) is 0 Å². The van der Waals surface area contributed by atoms with Gasteiger partial charge in [-0.1, -0.05) is 6.92 Å². The van der Waals surface area contributed by atoms with E-state index in [1.165, 1.54) is 32.1 Å². The maximum Gasteiger partial charge on any atom is 0.193 e. The highest BCUT2D eigenvalue weighted by molar-refractivity contribution is 5.80. The normalized spacial score (nSPS) is 30.3. The molecule has 126 valence electrons. The third kappa shape index (κ3) is 2.98. The standard InChI is InChI=1S/C18H29N5/c1-14-5-9-22(11-16(14)23-10-8-20-13-23)17(19-2)21-12-18(6-7-18)15-3-4-15/h8,10,13-16H,3-7,9,11-12H2,1-2H3,(H,19,21). The smallest absolute Gasteiger partial charge is 0.193 e. The molecule has 5 nitrogen and oxygen atoms in total. The van der Waals surface area contributed by atoms with Crippen LogP contribution in [0.2, 0.25) is 0 Å². The van der Waals surface area contributed by atoms with Gasteiger partial charge in [0.1, 0.15) is 0 Å². The van der Waals surface area contributed by atoms with Crippen LogP contribution in [0.4, 0.5) is 0 Å². The van der Waals surface area contributed by atoms with Crippen LogP contribution in [0.3, 0.4) is 0 Å². The number of hydrogen-bond donors (Lipinski definition) is 1. The number of hydrogen-bond acceptors (Lipinski definition) is 2. The molecule has 0 bridgehead atoms. The van der Waals surface area contributed by atoms with Gasteiger partial charge in [0.2, 0.25) is 0 Å². The average Bonchev–Trinajstić information content (AvgIpc) is 3.48. The summed E-state index contributed by atoms with van der Waals surface area (Å²) >= 11 is 0. The van der Waals surface area contributed by atoms with Crippen LogP contribution in [0, 0.1) is 17.3 Å². The Morgan fingerprint density at radius 3 is 2.78 bits per heavy atom. The molecule has 0 amide bonds. The molecule has 0 aromatic carbocycles. The van der Waals surface area contributed by atoms with Gasteiger partial charge in [-0.3, -0.25) is 4.99 Å². The zero-order chi connectivity index (χ0) is 15.9. The number of imidazole rings is 1. The van der Waals surface area contributed by atoms with Crippen LogP contribution >= 0.6 is 0 Å². The van der Waals surface area contributed by atoms with Gasteiger partial charge in [-0.15, -0.1) is 0 Å². The lowest BCUT2D eigenvalue weighted by Crippen LogP contribution is -2.50. The summed E-state index contributed by atoms with van der Waals surface area (Å²) in [5.74, 6) is 2.77. The first-order chi connectivity index (χ1) is 11.2. The maximum atomic E-state index is 4.57. The van der Waals surface area contributed by atoms with E-state index in [1.54, 1.807) is 0 Å². The molecule has 3 aliphatic rings. The Kier molecular flexibility index (Phi) is 3.82. The Balaban J connectivity index is 1.39. The minimum absolute atomic E-state index is 0.489. The highest BCUT2D eigenvalue weighted by atomic mass is 15.3. The predicted molar refractivity (Wildman–Crippen MR) is 92.4 cm³/mol. The molecule has 4 rings (SSSR count). The van der Waals surface area contributed by atoms with Crippen molar-refractivity contribution in [2.45, 2.75) is 45.1 Å². The first-order valence-electron chi connectivity index (χ1n) is 9.15. The van der Waals surface area contributed by atoms with Crippen molar-refractivity contribution in [1.29, 1.82) is 0 Å². The zero-order valence-corrected chi connectivity index (χ0v) is 14.4. The fourth-order valence-corrected chi connectivity index (χ4v) is 4.27. The molecule has 2 saturated carbocycles. The lowest BCUT2D eigenvalue weighted by molar-refractivity contribution is 0.188. The lowest BCUT2D eigenvalue weighted by Gasteiger charge is -2.39. The van der Waals surface area contributed by atoms with E-state index < -0.39 is 0 Å². The van der Waals surface area contributed by atoms with Gasteiger partial charge in [-0.2, -0.15) is 0 Å². The van der Waals surface area contributed by atoms with Gasteiger partial charge in [-0.25, -0.2) is 4.98 Å². The van der Waals surface area contributed by atoms with Crippen molar-refractivity contribution in [1.82, 2.24) is 19.8 Å². The molecular formula is C18H29N5. The Morgan fingerprint density at radius 1 is 1.35 bits per heavy atom. The van der Waals surface area contributed by atoms with E-state index in [0.29, 0.717) is 17.4 Å². The average molecular weight is 315 g/mol. The second-order valence-electron chi connectivity index (χ2n) is 7.83. The molecule has 2 atom stereocenters. The van der Waals surface area contributed by atoms with E-state index >= 15 is 0 Å². The van der Waals surface area contributed by atoms with Crippen LogP contribution in [0.1, 0.15) is 45.1 Å². The van der Waals surface area contributed by atoms with Crippen LogP contribution in [0.15, 0.2) is 23.7 Å². The molecule has 2 aliphatic carbocycles. The highest BCUT2D eigenvalue weighted by Crippen LogP contribution is 2.60. The molecular weight excluding hydrogens is 286 g/mol. The van der Waals surface area contributed by atoms with Crippen LogP contribution in [0.5, 0.6) is 0 Å². The van der Waals surface area contributed by atoms with E-state index in [1.807, 2.05) is 19.6 Å². The van der Waals surface area contributed by atoms with Crippen LogP contribution in [0.25, 0.3) is 0 Å². The second-order valence-corrected chi connectivity index (χ2v) is 7.83. The molecule has 1 aromatic rings. The second kappa shape index (κ2) is 5.84. The Hall–Kier alpha value is -1.52. The van der Waals surface area contributed by atoms with Gasteiger partial charge in [-0.05, 0) is 49.4 Å². The zero-order valence-electron chi connectivity index (χ0n) is 14.4. The number of guanidine groups is 1. The van der Waals surface area contributed by atoms with E-state index in [2.05, 4.69) is 37.9 Å². The SMILES string of the molecule is CN=C(NCC1(C2CC2)CC1)N1CCC(C)C(n2ccnc2)C1. The Labute approximate surface area is 139 Å². The maximum absolute atomic E-state index is 4.57. The third-order valence-corrected chi connectivity index (χ3v) is 6.27. The van der Waals surface area contributed by atoms with Crippen molar-refractivity contribution in [2.24, 2.45) is 22.2 Å². The first kappa shape index (κ1) is 15.0. The van der Waals surface area contributed by atoms with Gasteiger partial charge in [0.15, 0.2) is 5.96 Å². The van der Waals surface area contributed by atoms with Gasteiger partial charge in [0.05, 0.1) is 12.4 Å². The quantitative estimate of drug-likeness (QED) is 0.686. The van der Waals surface area contributed by atoms with Crippen molar-refractivity contribution in [2.75, 3.05) is 26.7 Å². The summed E-state index contributed by atoms with van der Waals surface area (Å²) in [6.45, 7) is 5.59. The summed E-state index contributed by atoms with van der Waals surface area (Å²) in [4.78, 5) is 11.2. The molecule has 23 heavy (non-hydrogen) atoms. The molecule has 3 fully saturated rings. The molecule has 2 unspecified atom stereocenters. The number of aromatic nitrogens is 2. The molecule has 2 heterocycles. The van der Waals surface area contributed by atoms with Crippen LogP contribution in [-0.2, 0) is 0 Å². The molecule has 5 heteroatoms. The lowest BCUT2D eigenvalue weighted by atomic mass is 9.93. The number of nitrogens with one attached hydrogen (secondary N) is 1. The van der Waals surface area contributed by atoms with Crippen molar-refractivity contribution in [3.63, 3.8) is 0 Å². The molecule has 1 saturated heterocycles. The third-order valence-electron chi connectivity index (χ3n) is 6.27. The molecule has 1 aromatic heterocycles. The van der Waals surface area contributed by atoms with Crippen molar-refractivity contribution >= 4 is 5.96 Å². The van der Waals surface area contributed by atoms with Crippen molar-refractivity contribution < 1.29 is 0 Å². The molecule has 0 spiro atoms. The van der Waals surface area contributed by atoms with Crippen molar-refractivity contribution in [3.05, 3.63) is 18.7 Å². The van der Waals surface area contributed by atoms with Gasteiger partial charge in [0, 0.05) is 39.1 Å². The van der Waals surface area contributed by atoms with E-state index in [4.69, 9.17) is 0 Å². The molecule has 0 radical (unpaired) electrons. The number of rotatable bonds is 4. The first-order valence-corrected chi connectivity index (χ1v) is 9.15. The van der Waals surface area contributed by atoms with Gasteiger partial charge in [0.25, 0.3) is 0 Å². The largest absolute Gasteiger partial charge is 0.356 e. The summed E-state index contributed by atoms with van der Waals surface area (Å²) in [6, 6.07) is 0.489. The van der Waals surface area contributed by atoms with E-state index in [0.717, 1.165) is 31.5 Å². The summed E-state index contributed by atoms with van der Waals surface area (Å²) in [5, 5.41) is 3.69. The summed E-state index contributed by atoms with van der Waals surface area (Å²) in [7, 11) is 1.92. The summed E-state index contributed by atoms with van der Waals surface area (Å²) in [6.07, 6.45) is 12.9. The number of likely N-dealkylation sites (tertiary alicyclic amines) is 1. The van der Waals surface area contributed by atoms with Gasteiger partial charge < -0.3 is 14.8 Å². The minimum atomic E-state index is 0.489. The van der Waals surface area contributed by atoms with Crippen LogP contribution in [-0.4, -0.2) is 47.1 Å². The predicted octanol–water partition coefficient (Wildman–Crippen LogP) is 2.53. The van der Waals surface area contributed by atoms with Gasteiger partial charge >= 0.3 is 0 Å². The Morgan fingerprint density at radius 2 is 2.17 bits per heavy atom. The number of aliphatic imine (C=N–C) groups is 1. The molecule has 1 aliphatic heterocycles. The monoisotopic (exact) mass is 315 g/mol. The fourth-order valence-electron chi connectivity index (χ4n) is 4.27. The number of nitrogens with zero attached hydrogens (tertiary/aromatic N) is 4. The number of piperidine rings is 1. The van der Waals surface area contributed by atoms with E-state index in [-0.39, 0.29) is 0 Å².